The number of aromatic nitrogens is 2. The van der Waals surface area contributed by atoms with Gasteiger partial charge >= 0.3 is 0 Å². The van der Waals surface area contributed by atoms with Crippen molar-refractivity contribution in [1.82, 2.24) is 15.5 Å². The molecule has 112 valence electrons. The maximum Gasteiger partial charge on any atom is 0.272 e. The van der Waals surface area contributed by atoms with Gasteiger partial charge in [-0.1, -0.05) is 11.8 Å². The summed E-state index contributed by atoms with van der Waals surface area (Å²) in [5.74, 6) is 1.14. The molecule has 21 heavy (non-hydrogen) atoms. The molecule has 8 heteroatoms. The van der Waals surface area contributed by atoms with Crippen LogP contribution in [0, 0.1) is 0 Å². The van der Waals surface area contributed by atoms with Crippen LogP contribution in [0.3, 0.4) is 0 Å². The van der Waals surface area contributed by atoms with Crippen LogP contribution in [0.1, 0.15) is 16.9 Å². The molecule has 0 spiro atoms. The minimum atomic E-state index is -0.400. The number of ether oxygens (including phenoxy) is 1. The average Bonchev–Trinajstić information content (AvgIpc) is 2.93. The van der Waals surface area contributed by atoms with Gasteiger partial charge in [-0.05, 0) is 18.6 Å². The zero-order valence-corrected chi connectivity index (χ0v) is 12.3. The third-order valence-corrected chi connectivity index (χ3v) is 4.47. The van der Waals surface area contributed by atoms with Crippen molar-refractivity contribution in [1.29, 1.82) is 0 Å². The van der Waals surface area contributed by atoms with Crippen molar-refractivity contribution in [2.24, 2.45) is 0 Å². The van der Waals surface area contributed by atoms with Gasteiger partial charge in [-0.2, -0.15) is 0 Å². The van der Waals surface area contributed by atoms with Crippen LogP contribution >= 0.6 is 11.8 Å². The van der Waals surface area contributed by atoms with Crippen molar-refractivity contribution >= 4 is 28.6 Å². The molecule has 0 unspecified atom stereocenters. The quantitative estimate of drug-likeness (QED) is 0.846. The fraction of sp³-hybridized carbons (Fsp3) is 0.538. The Balaban J connectivity index is 1.63. The first-order valence-electron chi connectivity index (χ1n) is 6.88. The van der Waals surface area contributed by atoms with Gasteiger partial charge in [-0.3, -0.25) is 9.59 Å². The molecule has 0 bridgehead atoms. The highest BCUT2D eigenvalue weighted by atomic mass is 32.2. The van der Waals surface area contributed by atoms with Crippen LogP contribution in [0.25, 0.3) is 0 Å². The molecule has 1 atom stereocenters. The van der Waals surface area contributed by atoms with Gasteiger partial charge in [0.15, 0.2) is 11.5 Å². The van der Waals surface area contributed by atoms with Crippen molar-refractivity contribution in [3.63, 3.8) is 0 Å². The number of nitrogens with one attached hydrogen (secondary N) is 1. The number of amides is 1. The summed E-state index contributed by atoms with van der Waals surface area (Å²) in [5, 5.41) is 10.8. The molecule has 0 aliphatic carbocycles. The van der Waals surface area contributed by atoms with E-state index in [0.29, 0.717) is 19.6 Å². The molecule has 0 radical (unpaired) electrons. The number of thioether (sulfide) groups is 1. The summed E-state index contributed by atoms with van der Waals surface area (Å²) in [6, 6.07) is 3.02. The highest BCUT2D eigenvalue weighted by Crippen LogP contribution is 2.19. The lowest BCUT2D eigenvalue weighted by Gasteiger charge is -2.27. The summed E-state index contributed by atoms with van der Waals surface area (Å²) in [7, 11) is 0. The zero-order valence-electron chi connectivity index (χ0n) is 11.4. The molecule has 1 N–H and O–H groups in total. The van der Waals surface area contributed by atoms with Crippen LogP contribution < -0.4 is 10.2 Å². The molecular formula is C13H16N4O3S. The molecule has 3 heterocycles. The molecule has 2 aliphatic heterocycles. The number of hydrogen-bond acceptors (Lipinski definition) is 7. The number of rotatable bonds is 3. The van der Waals surface area contributed by atoms with E-state index in [9.17, 15) is 9.59 Å². The molecule has 3 rings (SSSR count). The maximum atomic E-state index is 12.0. The summed E-state index contributed by atoms with van der Waals surface area (Å²) in [6.45, 7) is 2.89. The van der Waals surface area contributed by atoms with Crippen molar-refractivity contribution in [2.45, 2.75) is 12.5 Å². The van der Waals surface area contributed by atoms with Gasteiger partial charge in [0.1, 0.15) is 0 Å². The summed E-state index contributed by atoms with van der Waals surface area (Å²) in [5.41, 5.74) is 0.233. The summed E-state index contributed by atoms with van der Waals surface area (Å²) < 4.78 is 5.28. The summed E-state index contributed by atoms with van der Waals surface area (Å²) in [6.07, 6.45) is 0.675. The van der Waals surface area contributed by atoms with Gasteiger partial charge in [0.2, 0.25) is 5.12 Å². The van der Waals surface area contributed by atoms with Gasteiger partial charge in [-0.25, -0.2) is 0 Å². The van der Waals surface area contributed by atoms with Crippen molar-refractivity contribution in [3.8, 4) is 0 Å². The van der Waals surface area contributed by atoms with E-state index in [-0.39, 0.29) is 16.7 Å². The number of carbonyl (C=O) groups excluding carboxylic acids is 2. The molecule has 0 aromatic carbocycles. The Morgan fingerprint density at radius 3 is 2.76 bits per heavy atom. The Morgan fingerprint density at radius 2 is 2.14 bits per heavy atom. The fourth-order valence-electron chi connectivity index (χ4n) is 2.27. The van der Waals surface area contributed by atoms with Crippen molar-refractivity contribution in [3.05, 3.63) is 17.8 Å². The molecule has 2 aliphatic rings. The van der Waals surface area contributed by atoms with Gasteiger partial charge < -0.3 is 15.0 Å². The van der Waals surface area contributed by atoms with Crippen LogP contribution in [0.15, 0.2) is 12.1 Å². The monoisotopic (exact) mass is 308 g/mol. The standard InChI is InChI=1S/C13H16N4O3S/c18-12(14-10-3-8-21-13(10)19)9-1-2-11(16-15-9)17-4-6-20-7-5-17/h1-2,10H,3-8H2,(H,14,18)/t10-/m1/s1. The highest BCUT2D eigenvalue weighted by molar-refractivity contribution is 8.14. The Morgan fingerprint density at radius 1 is 1.33 bits per heavy atom. The SMILES string of the molecule is O=C(N[C@@H]1CCSC1=O)c1ccc(N2CCOCC2)nn1. The van der Waals surface area contributed by atoms with E-state index in [2.05, 4.69) is 20.4 Å². The largest absolute Gasteiger partial charge is 0.378 e. The Bertz CT molecular complexity index is 531. The van der Waals surface area contributed by atoms with Crippen molar-refractivity contribution in [2.75, 3.05) is 37.0 Å². The lowest BCUT2D eigenvalue weighted by atomic mass is 10.2. The number of hydrogen-bond donors (Lipinski definition) is 1. The minimum Gasteiger partial charge on any atom is -0.378 e. The lowest BCUT2D eigenvalue weighted by Crippen LogP contribution is -2.38. The lowest BCUT2D eigenvalue weighted by molar-refractivity contribution is -0.112. The van der Waals surface area contributed by atoms with E-state index in [1.54, 1.807) is 12.1 Å². The maximum absolute atomic E-state index is 12.0. The van der Waals surface area contributed by atoms with Gasteiger partial charge in [0.25, 0.3) is 5.91 Å². The molecule has 1 aromatic heterocycles. The van der Waals surface area contributed by atoms with E-state index in [4.69, 9.17) is 4.74 Å². The van der Waals surface area contributed by atoms with E-state index < -0.39 is 6.04 Å². The molecule has 2 fully saturated rings. The van der Waals surface area contributed by atoms with E-state index in [1.165, 1.54) is 11.8 Å². The predicted octanol–water partition coefficient (Wildman–Crippen LogP) is 0.0751. The smallest absolute Gasteiger partial charge is 0.272 e. The molecule has 7 nitrogen and oxygen atoms in total. The van der Waals surface area contributed by atoms with Gasteiger partial charge in [-0.15, -0.1) is 10.2 Å². The Labute approximate surface area is 126 Å². The third-order valence-electron chi connectivity index (χ3n) is 3.46. The van der Waals surface area contributed by atoms with Gasteiger partial charge in [0, 0.05) is 18.8 Å². The van der Waals surface area contributed by atoms with Crippen LogP contribution in [0.4, 0.5) is 5.82 Å². The van der Waals surface area contributed by atoms with E-state index in [1.807, 2.05) is 0 Å². The molecule has 1 amide bonds. The second kappa shape index (κ2) is 6.40. The molecule has 0 saturated carbocycles. The molecule has 2 saturated heterocycles. The van der Waals surface area contributed by atoms with E-state index in [0.717, 1.165) is 24.7 Å². The zero-order chi connectivity index (χ0) is 14.7. The Kier molecular flexibility index (Phi) is 4.35. The molecular weight excluding hydrogens is 292 g/mol. The number of carbonyl (C=O) groups is 2. The number of nitrogens with zero attached hydrogens (tertiary/aromatic N) is 3. The highest BCUT2D eigenvalue weighted by Gasteiger charge is 2.27. The number of anilines is 1. The normalized spacial score (nSPS) is 22.4. The average molecular weight is 308 g/mol. The number of morpholine rings is 1. The minimum absolute atomic E-state index is 0.0150. The second-order valence-electron chi connectivity index (χ2n) is 4.86. The molecule has 1 aromatic rings. The first-order valence-corrected chi connectivity index (χ1v) is 7.86. The topological polar surface area (TPSA) is 84.4 Å². The van der Waals surface area contributed by atoms with Crippen LogP contribution in [-0.4, -0.2) is 59.3 Å². The third kappa shape index (κ3) is 3.33. The van der Waals surface area contributed by atoms with E-state index >= 15 is 0 Å². The predicted molar refractivity (Wildman–Crippen MR) is 78.4 cm³/mol. The van der Waals surface area contributed by atoms with Crippen LogP contribution in [-0.2, 0) is 9.53 Å². The summed E-state index contributed by atoms with van der Waals surface area (Å²) in [4.78, 5) is 25.6. The first-order chi connectivity index (χ1) is 10.2. The van der Waals surface area contributed by atoms with Crippen LogP contribution in [0.5, 0.6) is 0 Å². The van der Waals surface area contributed by atoms with Crippen molar-refractivity contribution < 1.29 is 14.3 Å². The van der Waals surface area contributed by atoms with Crippen LogP contribution in [0.2, 0.25) is 0 Å². The second-order valence-corrected chi connectivity index (χ2v) is 5.96. The Hall–Kier alpha value is -1.67. The van der Waals surface area contributed by atoms with Gasteiger partial charge in [0.05, 0.1) is 19.3 Å². The summed E-state index contributed by atoms with van der Waals surface area (Å²) >= 11 is 1.26. The first kappa shape index (κ1) is 14.3. The fourth-order valence-corrected chi connectivity index (χ4v) is 3.20.